The van der Waals surface area contributed by atoms with Gasteiger partial charge in [0.2, 0.25) is 5.91 Å². The highest BCUT2D eigenvalue weighted by Gasteiger charge is 2.16. The van der Waals surface area contributed by atoms with Crippen LogP contribution in [0.5, 0.6) is 0 Å². The Bertz CT molecular complexity index is 518. The van der Waals surface area contributed by atoms with Gasteiger partial charge in [-0.05, 0) is 43.0 Å². The van der Waals surface area contributed by atoms with Crippen molar-refractivity contribution in [1.29, 1.82) is 0 Å². The number of rotatable bonds is 7. The molecule has 6 heteroatoms. The van der Waals surface area contributed by atoms with Crippen LogP contribution in [0.4, 0.5) is 10.1 Å². The number of carbonyl (C=O) groups is 2. The van der Waals surface area contributed by atoms with Crippen LogP contribution in [0.2, 0.25) is 0 Å². The molecule has 1 aromatic carbocycles. The standard InChI is InChI=1S/C15H21FN2O3/c1-9(2)5-10(8-17)6-14(19)18-13-7-11(15(20)21)3-4-12(13)16/h3-4,7,9-10H,5-6,8,17H2,1-2H3,(H,18,19)(H,20,21)/t10-/m0/s1. The van der Waals surface area contributed by atoms with Gasteiger partial charge in [-0.2, -0.15) is 0 Å². The molecule has 0 aromatic heterocycles. The number of aromatic carboxylic acids is 1. The first-order chi connectivity index (χ1) is 9.83. The number of hydrogen-bond donors (Lipinski definition) is 3. The molecule has 0 bridgehead atoms. The lowest BCUT2D eigenvalue weighted by Gasteiger charge is -2.16. The molecule has 0 aliphatic rings. The number of carboxylic acids is 1. The third-order valence-corrected chi connectivity index (χ3v) is 3.10. The molecule has 4 N–H and O–H groups in total. The van der Waals surface area contributed by atoms with Gasteiger partial charge >= 0.3 is 5.97 Å². The zero-order valence-corrected chi connectivity index (χ0v) is 12.2. The molecule has 1 amide bonds. The second kappa shape index (κ2) is 7.73. The summed E-state index contributed by atoms with van der Waals surface area (Å²) >= 11 is 0. The summed E-state index contributed by atoms with van der Waals surface area (Å²) < 4.78 is 13.6. The molecule has 0 aliphatic carbocycles. The third kappa shape index (κ3) is 5.51. The van der Waals surface area contributed by atoms with Gasteiger partial charge in [0.05, 0.1) is 11.3 Å². The summed E-state index contributed by atoms with van der Waals surface area (Å²) in [6.45, 7) is 4.45. The number of nitrogens with one attached hydrogen (secondary N) is 1. The summed E-state index contributed by atoms with van der Waals surface area (Å²) in [5.41, 5.74) is 5.42. The topological polar surface area (TPSA) is 92.4 Å². The zero-order valence-electron chi connectivity index (χ0n) is 12.2. The fourth-order valence-corrected chi connectivity index (χ4v) is 2.15. The molecule has 1 rings (SSSR count). The fourth-order valence-electron chi connectivity index (χ4n) is 2.15. The van der Waals surface area contributed by atoms with Crippen LogP contribution in [0.3, 0.4) is 0 Å². The van der Waals surface area contributed by atoms with E-state index in [2.05, 4.69) is 5.32 Å². The molecule has 5 nitrogen and oxygen atoms in total. The van der Waals surface area contributed by atoms with Crippen molar-refractivity contribution in [3.8, 4) is 0 Å². The average Bonchev–Trinajstić information content (AvgIpc) is 2.39. The Labute approximate surface area is 123 Å². The molecule has 0 spiro atoms. The number of carboxylic acid groups (broad SMARTS) is 1. The van der Waals surface area contributed by atoms with Gasteiger partial charge in [0.15, 0.2) is 0 Å². The van der Waals surface area contributed by atoms with E-state index in [1.165, 1.54) is 0 Å². The fraction of sp³-hybridized carbons (Fsp3) is 0.467. The molecule has 0 radical (unpaired) electrons. The third-order valence-electron chi connectivity index (χ3n) is 3.10. The van der Waals surface area contributed by atoms with Crippen molar-refractivity contribution in [2.45, 2.75) is 26.7 Å². The molecule has 0 fully saturated rings. The van der Waals surface area contributed by atoms with E-state index in [1.807, 2.05) is 13.8 Å². The van der Waals surface area contributed by atoms with Crippen LogP contribution in [0.25, 0.3) is 0 Å². The first-order valence-electron chi connectivity index (χ1n) is 6.86. The van der Waals surface area contributed by atoms with Crippen LogP contribution < -0.4 is 11.1 Å². The average molecular weight is 296 g/mol. The number of halogens is 1. The maximum absolute atomic E-state index is 13.6. The molecular weight excluding hydrogens is 275 g/mol. The Morgan fingerprint density at radius 1 is 1.38 bits per heavy atom. The van der Waals surface area contributed by atoms with Gasteiger partial charge in [-0.15, -0.1) is 0 Å². The first kappa shape index (κ1) is 17.1. The van der Waals surface area contributed by atoms with Gasteiger partial charge in [0, 0.05) is 6.42 Å². The molecule has 0 saturated heterocycles. The number of carbonyl (C=O) groups excluding carboxylic acids is 1. The molecule has 116 valence electrons. The predicted molar refractivity (Wildman–Crippen MR) is 78.6 cm³/mol. The van der Waals surface area contributed by atoms with Gasteiger partial charge < -0.3 is 16.2 Å². The van der Waals surface area contributed by atoms with Crippen LogP contribution in [-0.4, -0.2) is 23.5 Å². The lowest BCUT2D eigenvalue weighted by atomic mass is 9.94. The van der Waals surface area contributed by atoms with Gasteiger partial charge in [0.25, 0.3) is 0 Å². The van der Waals surface area contributed by atoms with Crippen molar-refractivity contribution < 1.29 is 19.1 Å². The number of amides is 1. The van der Waals surface area contributed by atoms with Crippen molar-refractivity contribution in [2.75, 3.05) is 11.9 Å². The van der Waals surface area contributed by atoms with Gasteiger partial charge in [-0.1, -0.05) is 13.8 Å². The summed E-state index contributed by atoms with van der Waals surface area (Å²) in [6, 6.07) is 3.28. The Morgan fingerprint density at radius 3 is 2.57 bits per heavy atom. The Morgan fingerprint density at radius 2 is 2.05 bits per heavy atom. The van der Waals surface area contributed by atoms with E-state index in [1.54, 1.807) is 0 Å². The summed E-state index contributed by atoms with van der Waals surface area (Å²) in [7, 11) is 0. The number of anilines is 1. The van der Waals surface area contributed by atoms with E-state index < -0.39 is 11.8 Å². The van der Waals surface area contributed by atoms with E-state index >= 15 is 0 Å². The molecule has 1 aromatic rings. The maximum Gasteiger partial charge on any atom is 0.335 e. The minimum Gasteiger partial charge on any atom is -0.478 e. The van der Waals surface area contributed by atoms with Crippen LogP contribution in [-0.2, 0) is 4.79 Å². The number of nitrogens with two attached hydrogens (primary N) is 1. The smallest absolute Gasteiger partial charge is 0.335 e. The maximum atomic E-state index is 13.6. The van der Waals surface area contributed by atoms with E-state index in [-0.39, 0.29) is 29.5 Å². The van der Waals surface area contributed by atoms with Crippen molar-refractivity contribution >= 4 is 17.6 Å². The molecule has 0 aliphatic heterocycles. The minimum atomic E-state index is -1.18. The van der Waals surface area contributed by atoms with Crippen LogP contribution in [0, 0.1) is 17.7 Å². The summed E-state index contributed by atoms with van der Waals surface area (Å²) in [6.07, 6.45) is 0.993. The van der Waals surface area contributed by atoms with E-state index in [9.17, 15) is 14.0 Å². The summed E-state index contributed by atoms with van der Waals surface area (Å²) in [4.78, 5) is 22.8. The van der Waals surface area contributed by atoms with Gasteiger partial charge in [-0.25, -0.2) is 9.18 Å². The molecule has 0 saturated carbocycles. The monoisotopic (exact) mass is 296 g/mol. The molecule has 21 heavy (non-hydrogen) atoms. The largest absolute Gasteiger partial charge is 0.478 e. The predicted octanol–water partition coefficient (Wildman–Crippen LogP) is 2.47. The number of hydrogen-bond acceptors (Lipinski definition) is 3. The van der Waals surface area contributed by atoms with Crippen molar-refractivity contribution in [2.24, 2.45) is 17.6 Å². The second-order valence-electron chi connectivity index (χ2n) is 5.48. The quantitative estimate of drug-likeness (QED) is 0.720. The Balaban J connectivity index is 2.74. The normalized spacial score (nSPS) is 12.2. The van der Waals surface area contributed by atoms with Gasteiger partial charge in [0.1, 0.15) is 5.82 Å². The van der Waals surface area contributed by atoms with E-state index in [4.69, 9.17) is 10.8 Å². The van der Waals surface area contributed by atoms with Crippen LogP contribution in [0.1, 0.15) is 37.0 Å². The lowest BCUT2D eigenvalue weighted by molar-refractivity contribution is -0.117. The molecule has 0 heterocycles. The Hall–Kier alpha value is -1.95. The van der Waals surface area contributed by atoms with Crippen molar-refractivity contribution in [3.05, 3.63) is 29.6 Å². The van der Waals surface area contributed by atoms with Crippen molar-refractivity contribution in [1.82, 2.24) is 0 Å². The van der Waals surface area contributed by atoms with Crippen LogP contribution >= 0.6 is 0 Å². The van der Waals surface area contributed by atoms with E-state index in [0.29, 0.717) is 12.5 Å². The number of benzene rings is 1. The highest BCUT2D eigenvalue weighted by Crippen LogP contribution is 2.19. The first-order valence-corrected chi connectivity index (χ1v) is 6.86. The highest BCUT2D eigenvalue weighted by molar-refractivity contribution is 5.94. The molecule has 0 unspecified atom stereocenters. The summed E-state index contributed by atoms with van der Waals surface area (Å²) in [5, 5.41) is 11.3. The molecular formula is C15H21FN2O3. The zero-order chi connectivity index (χ0) is 16.0. The SMILES string of the molecule is CC(C)C[C@H](CN)CC(=O)Nc1cc(C(=O)O)ccc1F. The Kier molecular flexibility index (Phi) is 6.30. The minimum absolute atomic E-state index is 0.0238. The van der Waals surface area contributed by atoms with E-state index in [0.717, 1.165) is 24.6 Å². The van der Waals surface area contributed by atoms with Crippen LogP contribution in [0.15, 0.2) is 18.2 Å². The van der Waals surface area contributed by atoms with Gasteiger partial charge in [-0.3, -0.25) is 4.79 Å². The molecule has 1 atom stereocenters. The van der Waals surface area contributed by atoms with Crippen molar-refractivity contribution in [3.63, 3.8) is 0 Å². The lowest BCUT2D eigenvalue weighted by Crippen LogP contribution is -2.24. The second-order valence-corrected chi connectivity index (χ2v) is 5.48. The summed E-state index contributed by atoms with van der Waals surface area (Å²) in [5.74, 6) is -1.77. The highest BCUT2D eigenvalue weighted by atomic mass is 19.1.